The number of ether oxygens (including phenoxy) is 1. The fourth-order valence-corrected chi connectivity index (χ4v) is 1.73. The maximum Gasteiger partial charge on any atom is 0.328 e. The van der Waals surface area contributed by atoms with Crippen LogP contribution in [0, 0.1) is 6.92 Å². The second-order valence-electron chi connectivity index (χ2n) is 2.45. The molecule has 74 valence electrons. The second kappa shape index (κ2) is 5.21. The van der Waals surface area contributed by atoms with Gasteiger partial charge in [0.1, 0.15) is 6.04 Å². The van der Waals surface area contributed by atoms with Gasteiger partial charge in [0, 0.05) is 9.75 Å². The number of rotatable bonds is 2. The Bertz CT molecular complexity index is 287. The molecule has 1 heterocycles. The SMILES string of the molecule is COC(=O)[C@H](N)c1ccc(C)s1.Cl. The van der Waals surface area contributed by atoms with E-state index in [2.05, 4.69) is 4.74 Å². The summed E-state index contributed by atoms with van der Waals surface area (Å²) in [4.78, 5) is 13.0. The Morgan fingerprint density at radius 1 is 1.62 bits per heavy atom. The van der Waals surface area contributed by atoms with Crippen LogP contribution in [0.25, 0.3) is 0 Å². The van der Waals surface area contributed by atoms with E-state index in [0.717, 1.165) is 9.75 Å². The van der Waals surface area contributed by atoms with Crippen molar-refractivity contribution in [2.75, 3.05) is 7.11 Å². The fraction of sp³-hybridized carbons (Fsp3) is 0.375. The summed E-state index contributed by atoms with van der Waals surface area (Å²) in [6, 6.07) is 3.15. The zero-order valence-electron chi connectivity index (χ0n) is 7.44. The van der Waals surface area contributed by atoms with E-state index >= 15 is 0 Å². The summed E-state index contributed by atoms with van der Waals surface area (Å²) in [6.07, 6.45) is 0. The van der Waals surface area contributed by atoms with Crippen LogP contribution < -0.4 is 5.73 Å². The van der Waals surface area contributed by atoms with Crippen molar-refractivity contribution in [1.82, 2.24) is 0 Å². The third-order valence-corrected chi connectivity index (χ3v) is 2.61. The van der Waals surface area contributed by atoms with E-state index in [9.17, 15) is 4.79 Å². The summed E-state index contributed by atoms with van der Waals surface area (Å²) in [5.41, 5.74) is 5.60. The molecule has 1 rings (SSSR count). The van der Waals surface area contributed by atoms with Crippen molar-refractivity contribution in [2.24, 2.45) is 5.73 Å². The predicted octanol–water partition coefficient (Wildman–Crippen LogP) is 1.65. The highest BCUT2D eigenvalue weighted by molar-refractivity contribution is 7.12. The number of methoxy groups -OCH3 is 1. The molecule has 0 saturated carbocycles. The van der Waals surface area contributed by atoms with Crippen LogP contribution in [0.3, 0.4) is 0 Å². The molecular weight excluding hydrogens is 210 g/mol. The standard InChI is InChI=1S/C8H11NO2S.ClH/c1-5-3-4-6(12-5)7(9)8(10)11-2;/h3-4,7H,9H2,1-2H3;1H/t7-;/m1./s1. The van der Waals surface area contributed by atoms with Gasteiger partial charge in [-0.25, -0.2) is 4.79 Å². The van der Waals surface area contributed by atoms with Gasteiger partial charge in [0.2, 0.25) is 0 Å². The van der Waals surface area contributed by atoms with E-state index in [-0.39, 0.29) is 12.4 Å². The lowest BCUT2D eigenvalue weighted by Crippen LogP contribution is -2.21. The van der Waals surface area contributed by atoms with Crippen LogP contribution in [0.4, 0.5) is 0 Å². The largest absolute Gasteiger partial charge is 0.468 e. The summed E-state index contributed by atoms with van der Waals surface area (Å²) in [6.45, 7) is 1.97. The Balaban J connectivity index is 0.00000144. The first-order chi connectivity index (χ1) is 5.65. The Kier molecular flexibility index (Phi) is 4.98. The Morgan fingerprint density at radius 3 is 2.62 bits per heavy atom. The van der Waals surface area contributed by atoms with Gasteiger partial charge in [-0.1, -0.05) is 0 Å². The maximum atomic E-state index is 11.0. The molecule has 2 N–H and O–H groups in total. The van der Waals surface area contributed by atoms with Crippen molar-refractivity contribution >= 4 is 29.7 Å². The van der Waals surface area contributed by atoms with Crippen LogP contribution in [0.2, 0.25) is 0 Å². The van der Waals surface area contributed by atoms with E-state index in [1.54, 1.807) is 0 Å². The molecule has 0 unspecified atom stereocenters. The summed E-state index contributed by atoms with van der Waals surface area (Å²) in [7, 11) is 1.34. The topological polar surface area (TPSA) is 52.3 Å². The van der Waals surface area contributed by atoms with E-state index < -0.39 is 12.0 Å². The molecular formula is C8H12ClNO2S. The molecule has 0 aliphatic carbocycles. The number of aryl methyl sites for hydroxylation is 1. The minimum atomic E-state index is -0.631. The maximum absolute atomic E-state index is 11.0. The molecule has 13 heavy (non-hydrogen) atoms. The number of nitrogens with two attached hydrogens (primary N) is 1. The highest BCUT2D eigenvalue weighted by Crippen LogP contribution is 2.21. The van der Waals surface area contributed by atoms with Gasteiger partial charge in [-0.05, 0) is 19.1 Å². The number of esters is 1. The number of hydrogen-bond donors (Lipinski definition) is 1. The molecule has 3 nitrogen and oxygen atoms in total. The zero-order valence-corrected chi connectivity index (χ0v) is 9.08. The first kappa shape index (κ1) is 12.4. The smallest absolute Gasteiger partial charge is 0.328 e. The van der Waals surface area contributed by atoms with E-state index in [0.29, 0.717) is 0 Å². The van der Waals surface area contributed by atoms with Gasteiger partial charge >= 0.3 is 5.97 Å². The second-order valence-corrected chi connectivity index (χ2v) is 3.77. The minimum Gasteiger partial charge on any atom is -0.468 e. The molecule has 0 fully saturated rings. The first-order valence-corrected chi connectivity index (χ1v) is 4.36. The van der Waals surface area contributed by atoms with Crippen LogP contribution in [-0.2, 0) is 9.53 Å². The molecule has 0 spiro atoms. The molecule has 0 bridgehead atoms. The number of hydrogen-bond acceptors (Lipinski definition) is 4. The van der Waals surface area contributed by atoms with Crippen molar-refractivity contribution in [3.05, 3.63) is 21.9 Å². The minimum absolute atomic E-state index is 0. The molecule has 0 saturated heterocycles. The molecule has 0 aliphatic rings. The quantitative estimate of drug-likeness (QED) is 0.773. The third kappa shape index (κ3) is 2.99. The van der Waals surface area contributed by atoms with Crippen LogP contribution in [0.5, 0.6) is 0 Å². The monoisotopic (exact) mass is 221 g/mol. The van der Waals surface area contributed by atoms with E-state index in [1.165, 1.54) is 18.4 Å². The summed E-state index contributed by atoms with van der Waals surface area (Å²) >= 11 is 1.51. The van der Waals surface area contributed by atoms with Crippen LogP contribution in [0.1, 0.15) is 15.8 Å². The number of carbonyl (C=O) groups is 1. The van der Waals surface area contributed by atoms with Gasteiger partial charge in [-0.3, -0.25) is 0 Å². The van der Waals surface area contributed by atoms with Crippen molar-refractivity contribution in [2.45, 2.75) is 13.0 Å². The molecule has 1 atom stereocenters. The van der Waals surface area contributed by atoms with Crippen molar-refractivity contribution < 1.29 is 9.53 Å². The lowest BCUT2D eigenvalue weighted by atomic mass is 10.2. The highest BCUT2D eigenvalue weighted by atomic mass is 35.5. The van der Waals surface area contributed by atoms with Gasteiger partial charge in [-0.15, -0.1) is 23.7 Å². The zero-order chi connectivity index (χ0) is 9.14. The lowest BCUT2D eigenvalue weighted by Gasteiger charge is -2.05. The van der Waals surface area contributed by atoms with Crippen LogP contribution >= 0.6 is 23.7 Å². The Hall–Kier alpha value is -0.580. The van der Waals surface area contributed by atoms with Gasteiger partial charge in [-0.2, -0.15) is 0 Å². The van der Waals surface area contributed by atoms with Gasteiger partial charge in [0.25, 0.3) is 0 Å². The summed E-state index contributed by atoms with van der Waals surface area (Å²) < 4.78 is 4.52. The van der Waals surface area contributed by atoms with Gasteiger partial charge in [0.05, 0.1) is 7.11 Å². The molecule has 1 aromatic rings. The number of carbonyl (C=O) groups excluding carboxylic acids is 1. The van der Waals surface area contributed by atoms with Gasteiger partial charge in [0.15, 0.2) is 0 Å². The number of thiophene rings is 1. The molecule has 1 aromatic heterocycles. The lowest BCUT2D eigenvalue weighted by molar-refractivity contribution is -0.142. The third-order valence-electron chi connectivity index (χ3n) is 1.52. The average molecular weight is 222 g/mol. The van der Waals surface area contributed by atoms with E-state index in [4.69, 9.17) is 5.73 Å². The molecule has 0 aliphatic heterocycles. The Morgan fingerprint density at radius 2 is 2.23 bits per heavy atom. The molecule has 0 amide bonds. The Labute approximate surface area is 87.3 Å². The normalized spacial score (nSPS) is 11.6. The highest BCUT2D eigenvalue weighted by Gasteiger charge is 2.17. The molecule has 0 radical (unpaired) electrons. The fourth-order valence-electron chi connectivity index (χ4n) is 0.864. The molecule has 5 heteroatoms. The van der Waals surface area contributed by atoms with Crippen LogP contribution in [0.15, 0.2) is 12.1 Å². The van der Waals surface area contributed by atoms with Crippen molar-refractivity contribution in [3.8, 4) is 0 Å². The van der Waals surface area contributed by atoms with Crippen molar-refractivity contribution in [3.63, 3.8) is 0 Å². The first-order valence-electron chi connectivity index (χ1n) is 3.55. The summed E-state index contributed by atoms with van der Waals surface area (Å²) in [5, 5.41) is 0. The van der Waals surface area contributed by atoms with E-state index in [1.807, 2.05) is 19.1 Å². The van der Waals surface area contributed by atoms with Crippen molar-refractivity contribution in [1.29, 1.82) is 0 Å². The average Bonchev–Trinajstić information content (AvgIpc) is 2.49. The molecule has 0 aromatic carbocycles. The summed E-state index contributed by atoms with van der Waals surface area (Å²) in [5.74, 6) is -0.392. The van der Waals surface area contributed by atoms with Gasteiger partial charge < -0.3 is 10.5 Å². The van der Waals surface area contributed by atoms with Crippen LogP contribution in [-0.4, -0.2) is 13.1 Å². The predicted molar refractivity (Wildman–Crippen MR) is 55.2 cm³/mol. The number of halogens is 1.